The van der Waals surface area contributed by atoms with Crippen LogP contribution in [-0.4, -0.2) is 21.3 Å². The van der Waals surface area contributed by atoms with Gasteiger partial charge in [-0.05, 0) is 17.7 Å². The molecular weight excluding hydrogens is 390 g/mol. The molecule has 0 radical (unpaired) electrons. The van der Waals surface area contributed by atoms with Crippen LogP contribution in [0.15, 0.2) is 29.4 Å². The van der Waals surface area contributed by atoms with E-state index in [1.54, 1.807) is 12.1 Å². The molecule has 2 N–H and O–H groups in total. The first-order chi connectivity index (χ1) is 9.47. The van der Waals surface area contributed by atoms with E-state index >= 15 is 0 Å². The van der Waals surface area contributed by atoms with E-state index in [0.717, 1.165) is 11.3 Å². The molecule has 0 bridgehead atoms. The highest BCUT2D eigenvalue weighted by molar-refractivity contribution is 9.25. The maximum absolute atomic E-state index is 11.5. The quantitative estimate of drug-likeness (QED) is 0.763. The Morgan fingerprint density at radius 3 is 2.60 bits per heavy atom. The largest absolute Gasteiger partial charge is 0.324 e. The molecular formula is C13H13Br2N3O2. The summed E-state index contributed by atoms with van der Waals surface area (Å²) in [5.74, 6) is -0.155. The maximum atomic E-state index is 11.5. The van der Waals surface area contributed by atoms with Crippen LogP contribution in [-0.2, 0) is 9.59 Å². The number of benzene rings is 1. The minimum atomic E-state index is -0.423. The van der Waals surface area contributed by atoms with Gasteiger partial charge in [0.25, 0.3) is 0 Å². The van der Waals surface area contributed by atoms with Gasteiger partial charge in [0.1, 0.15) is 3.74 Å². The zero-order chi connectivity index (χ0) is 14.7. The van der Waals surface area contributed by atoms with Crippen LogP contribution >= 0.6 is 31.9 Å². The monoisotopic (exact) mass is 401 g/mol. The lowest BCUT2D eigenvalue weighted by Gasteiger charge is -2.19. The Labute approximate surface area is 133 Å². The third-order valence-corrected chi connectivity index (χ3v) is 3.74. The van der Waals surface area contributed by atoms with Gasteiger partial charge in [0.15, 0.2) is 0 Å². The van der Waals surface area contributed by atoms with Gasteiger partial charge in [-0.1, -0.05) is 50.9 Å². The predicted molar refractivity (Wildman–Crippen MR) is 85.2 cm³/mol. The molecule has 1 aromatic carbocycles. The van der Waals surface area contributed by atoms with E-state index in [1.165, 1.54) is 0 Å². The first kappa shape index (κ1) is 15.2. The van der Waals surface area contributed by atoms with Crippen LogP contribution in [0.25, 0.3) is 0 Å². The number of hydrazone groups is 1. The van der Waals surface area contributed by atoms with E-state index in [4.69, 9.17) is 0 Å². The van der Waals surface area contributed by atoms with Gasteiger partial charge in [-0.25, -0.2) is 5.43 Å². The summed E-state index contributed by atoms with van der Waals surface area (Å²) in [4.78, 5) is 22.7. The van der Waals surface area contributed by atoms with Gasteiger partial charge < -0.3 is 5.32 Å². The lowest BCUT2D eigenvalue weighted by Crippen LogP contribution is -2.31. The van der Waals surface area contributed by atoms with Crippen molar-refractivity contribution >= 4 is 55.1 Å². The summed E-state index contributed by atoms with van der Waals surface area (Å²) in [5.41, 5.74) is 4.98. The Morgan fingerprint density at radius 1 is 1.40 bits per heavy atom. The molecule has 5 nitrogen and oxygen atoms in total. The Kier molecular flexibility index (Phi) is 4.93. The number of carbonyl (C=O) groups excluding carboxylic acids is 2. The molecule has 0 saturated heterocycles. The summed E-state index contributed by atoms with van der Waals surface area (Å²) >= 11 is 6.27. The molecule has 0 aromatic heterocycles. The van der Waals surface area contributed by atoms with Crippen LogP contribution in [0.2, 0.25) is 0 Å². The molecule has 1 aliphatic heterocycles. The standard InChI is InChI=1S/C13H13Br2N3O2/c1-7-6-10(19)17-18-11(7)8-2-4-9(5-3-8)16-13(20)12(14)15/h2-5,7,12H,6H2,1H3,(H,16,20)(H,17,19). The summed E-state index contributed by atoms with van der Waals surface area (Å²) in [5, 5.41) is 6.84. The summed E-state index contributed by atoms with van der Waals surface area (Å²) in [7, 11) is 0. The minimum Gasteiger partial charge on any atom is -0.324 e. The molecule has 1 unspecified atom stereocenters. The highest BCUT2D eigenvalue weighted by Crippen LogP contribution is 2.19. The number of alkyl halides is 2. The summed E-state index contributed by atoms with van der Waals surface area (Å²) in [6.45, 7) is 1.97. The lowest BCUT2D eigenvalue weighted by atomic mass is 9.94. The number of nitrogens with one attached hydrogen (secondary N) is 2. The fraction of sp³-hybridized carbons (Fsp3) is 0.308. The van der Waals surface area contributed by atoms with Gasteiger partial charge >= 0.3 is 0 Å². The van der Waals surface area contributed by atoms with Crippen LogP contribution in [0.1, 0.15) is 18.9 Å². The van der Waals surface area contributed by atoms with Crippen molar-refractivity contribution in [3.8, 4) is 0 Å². The van der Waals surface area contributed by atoms with E-state index in [-0.39, 0.29) is 17.7 Å². The van der Waals surface area contributed by atoms with Crippen LogP contribution in [0.4, 0.5) is 5.69 Å². The number of carbonyl (C=O) groups is 2. The van der Waals surface area contributed by atoms with Gasteiger partial charge in [0.2, 0.25) is 11.8 Å². The van der Waals surface area contributed by atoms with Gasteiger partial charge in [0.05, 0.1) is 5.71 Å². The number of amides is 2. The Morgan fingerprint density at radius 2 is 2.05 bits per heavy atom. The molecule has 1 heterocycles. The number of rotatable bonds is 3. The number of anilines is 1. The van der Waals surface area contributed by atoms with Crippen molar-refractivity contribution in [2.45, 2.75) is 17.1 Å². The Bertz CT molecular complexity index is 555. The molecule has 0 aliphatic carbocycles. The summed E-state index contributed by atoms with van der Waals surface area (Å²) in [6, 6.07) is 7.36. The maximum Gasteiger partial charge on any atom is 0.248 e. The molecule has 0 fully saturated rings. The zero-order valence-corrected chi connectivity index (χ0v) is 13.9. The first-order valence-electron chi connectivity index (χ1n) is 6.03. The van der Waals surface area contributed by atoms with Crippen molar-refractivity contribution in [2.75, 3.05) is 5.32 Å². The van der Waals surface area contributed by atoms with Crippen molar-refractivity contribution in [3.63, 3.8) is 0 Å². The highest BCUT2D eigenvalue weighted by Gasteiger charge is 2.21. The number of hydrogen-bond acceptors (Lipinski definition) is 3. The number of halogens is 2. The van der Waals surface area contributed by atoms with Gasteiger partial charge in [0, 0.05) is 18.0 Å². The van der Waals surface area contributed by atoms with Gasteiger partial charge in [-0.2, -0.15) is 5.10 Å². The third-order valence-electron chi connectivity index (χ3n) is 2.91. The second-order valence-electron chi connectivity index (χ2n) is 4.50. The number of nitrogens with zero attached hydrogens (tertiary/aromatic N) is 1. The molecule has 106 valence electrons. The minimum absolute atomic E-state index is 0.0641. The van der Waals surface area contributed by atoms with E-state index in [1.807, 2.05) is 19.1 Å². The molecule has 0 saturated carbocycles. The second-order valence-corrected chi connectivity index (χ2v) is 7.56. The van der Waals surface area contributed by atoms with Gasteiger partial charge in [-0.3, -0.25) is 9.59 Å². The van der Waals surface area contributed by atoms with Gasteiger partial charge in [-0.15, -0.1) is 0 Å². The molecule has 1 aromatic rings. The van der Waals surface area contributed by atoms with E-state index in [2.05, 4.69) is 47.7 Å². The predicted octanol–water partition coefficient (Wildman–Crippen LogP) is 2.60. The average molecular weight is 403 g/mol. The second kappa shape index (κ2) is 6.49. The SMILES string of the molecule is CC1CC(=O)NN=C1c1ccc(NC(=O)C(Br)Br)cc1. The molecule has 7 heteroatoms. The topological polar surface area (TPSA) is 70.6 Å². The third kappa shape index (κ3) is 3.67. The fourth-order valence-electron chi connectivity index (χ4n) is 1.92. The van der Waals surface area contributed by atoms with Crippen molar-refractivity contribution in [1.29, 1.82) is 0 Å². The first-order valence-corrected chi connectivity index (χ1v) is 7.86. The molecule has 1 aliphatic rings. The van der Waals surface area contributed by atoms with Crippen molar-refractivity contribution in [1.82, 2.24) is 5.43 Å². The summed E-state index contributed by atoms with van der Waals surface area (Å²) in [6.07, 6.45) is 0.437. The van der Waals surface area contributed by atoms with E-state index < -0.39 is 3.74 Å². The molecule has 2 rings (SSSR count). The normalized spacial score (nSPS) is 18.5. The molecule has 20 heavy (non-hydrogen) atoms. The van der Waals surface area contributed by atoms with Crippen LogP contribution in [0, 0.1) is 5.92 Å². The zero-order valence-electron chi connectivity index (χ0n) is 10.7. The lowest BCUT2D eigenvalue weighted by molar-refractivity contribution is -0.122. The number of hydrogen-bond donors (Lipinski definition) is 2. The molecule has 1 atom stereocenters. The van der Waals surface area contributed by atoms with E-state index in [9.17, 15) is 9.59 Å². The van der Waals surface area contributed by atoms with Crippen LogP contribution in [0.3, 0.4) is 0 Å². The Hall–Kier alpha value is -1.21. The van der Waals surface area contributed by atoms with Crippen molar-refractivity contribution in [2.24, 2.45) is 11.0 Å². The van der Waals surface area contributed by atoms with E-state index in [0.29, 0.717) is 12.1 Å². The summed E-state index contributed by atoms with van der Waals surface area (Å²) < 4.78 is -0.423. The van der Waals surface area contributed by atoms with Crippen molar-refractivity contribution in [3.05, 3.63) is 29.8 Å². The fourth-order valence-corrected chi connectivity index (χ4v) is 2.15. The van der Waals surface area contributed by atoms with Crippen molar-refractivity contribution < 1.29 is 9.59 Å². The molecule has 0 spiro atoms. The smallest absolute Gasteiger partial charge is 0.248 e. The van der Waals surface area contributed by atoms with Crippen LogP contribution < -0.4 is 10.7 Å². The van der Waals surface area contributed by atoms with Crippen LogP contribution in [0.5, 0.6) is 0 Å². The highest BCUT2D eigenvalue weighted by atomic mass is 79.9. The molecule has 2 amide bonds. The average Bonchev–Trinajstić information content (AvgIpc) is 2.40. The Balaban J connectivity index is 2.12.